The number of likely N-dealkylation sites (N-methyl/N-ethyl adjacent to an activating group) is 1. The van der Waals surface area contributed by atoms with Crippen molar-refractivity contribution in [3.8, 4) is 17.0 Å². The molecule has 1 fully saturated rings. The summed E-state index contributed by atoms with van der Waals surface area (Å²) < 4.78 is 11.3. The van der Waals surface area contributed by atoms with E-state index in [-0.39, 0.29) is 18.1 Å². The van der Waals surface area contributed by atoms with Crippen molar-refractivity contribution in [3.63, 3.8) is 0 Å². The average molecular weight is 462 g/mol. The molecule has 2 atom stereocenters. The summed E-state index contributed by atoms with van der Waals surface area (Å²) in [6.07, 6.45) is 5.39. The molecule has 8 nitrogen and oxygen atoms in total. The van der Waals surface area contributed by atoms with E-state index in [2.05, 4.69) is 46.3 Å². The maximum absolute atomic E-state index is 9.92. The van der Waals surface area contributed by atoms with Crippen LogP contribution in [0.15, 0.2) is 42.7 Å². The van der Waals surface area contributed by atoms with Gasteiger partial charge in [0, 0.05) is 35.6 Å². The largest absolute Gasteiger partial charge is 0.495 e. The summed E-state index contributed by atoms with van der Waals surface area (Å²) in [4.78, 5) is 16.1. The third kappa shape index (κ3) is 4.24. The first-order valence-corrected chi connectivity index (χ1v) is 11.7. The Bertz CT molecular complexity index is 1190. The summed E-state index contributed by atoms with van der Waals surface area (Å²) in [5, 5.41) is 13.2. The van der Waals surface area contributed by atoms with Crippen molar-refractivity contribution in [2.45, 2.75) is 31.2 Å². The number of benzene rings is 1. The van der Waals surface area contributed by atoms with Crippen molar-refractivity contribution >= 4 is 11.6 Å². The minimum absolute atomic E-state index is 0.111. The van der Waals surface area contributed by atoms with Gasteiger partial charge in [-0.25, -0.2) is 9.97 Å². The predicted octanol–water partition coefficient (Wildman–Crippen LogP) is 3.49. The molecule has 0 spiro atoms. The maximum atomic E-state index is 9.92. The standard InChI is InChI=1S/C26H31N5O3/c1-26(16-32)8-6-21-19(26)12-18(14-28-21)20-7-9-27-25(29-20)30-22-5-4-17(13-24(22)33-3)23-15-34-11-10-31(23)2/h4-5,7,9,12-14,23,32H,6,8,10-11,15-16H2,1-3H3,(H,27,29,30). The minimum atomic E-state index is -0.251. The van der Waals surface area contributed by atoms with Crippen LogP contribution in [0.25, 0.3) is 11.3 Å². The number of aliphatic hydroxyl groups is 1. The Morgan fingerprint density at radius 3 is 2.94 bits per heavy atom. The molecule has 2 aliphatic rings. The number of morpholine rings is 1. The van der Waals surface area contributed by atoms with Gasteiger partial charge in [0.25, 0.3) is 0 Å². The molecule has 5 rings (SSSR count). The van der Waals surface area contributed by atoms with E-state index in [1.54, 1.807) is 13.3 Å². The lowest BCUT2D eigenvalue weighted by atomic mass is 9.85. The maximum Gasteiger partial charge on any atom is 0.227 e. The molecule has 178 valence electrons. The van der Waals surface area contributed by atoms with Gasteiger partial charge in [0.15, 0.2) is 0 Å². The zero-order chi connectivity index (χ0) is 23.7. The van der Waals surface area contributed by atoms with Crippen LogP contribution >= 0.6 is 0 Å². The molecule has 0 radical (unpaired) electrons. The quantitative estimate of drug-likeness (QED) is 0.576. The van der Waals surface area contributed by atoms with E-state index in [0.717, 1.165) is 65.5 Å². The van der Waals surface area contributed by atoms with Crippen LogP contribution in [0, 0.1) is 0 Å². The fourth-order valence-corrected chi connectivity index (χ4v) is 4.80. The Morgan fingerprint density at radius 2 is 2.15 bits per heavy atom. The molecule has 0 amide bonds. The van der Waals surface area contributed by atoms with Crippen molar-refractivity contribution in [3.05, 3.63) is 59.5 Å². The van der Waals surface area contributed by atoms with Gasteiger partial charge in [-0.2, -0.15) is 0 Å². The SMILES string of the molecule is COc1cc(C2COCCN2C)ccc1Nc1nccc(-c2cnc3c(c2)C(C)(CO)CC3)n1. The number of aliphatic hydroxyl groups excluding tert-OH is 1. The van der Waals surface area contributed by atoms with E-state index < -0.39 is 0 Å². The van der Waals surface area contributed by atoms with E-state index in [0.29, 0.717) is 12.6 Å². The van der Waals surface area contributed by atoms with Crippen molar-refractivity contribution in [1.29, 1.82) is 0 Å². The molecule has 3 heterocycles. The number of nitrogens with one attached hydrogen (secondary N) is 1. The highest BCUT2D eigenvalue weighted by atomic mass is 16.5. The predicted molar refractivity (Wildman–Crippen MR) is 130 cm³/mol. The van der Waals surface area contributed by atoms with E-state index in [9.17, 15) is 5.11 Å². The number of pyridine rings is 1. The molecule has 1 aromatic carbocycles. The number of aryl methyl sites for hydroxylation is 1. The highest BCUT2D eigenvalue weighted by molar-refractivity contribution is 5.66. The van der Waals surface area contributed by atoms with Gasteiger partial charge < -0.3 is 19.9 Å². The van der Waals surface area contributed by atoms with Gasteiger partial charge in [-0.15, -0.1) is 0 Å². The van der Waals surface area contributed by atoms with Gasteiger partial charge in [-0.05, 0) is 55.3 Å². The Labute approximate surface area is 200 Å². The Balaban J connectivity index is 1.40. The molecular formula is C26H31N5O3. The summed E-state index contributed by atoms with van der Waals surface area (Å²) in [6.45, 7) is 4.53. The lowest BCUT2D eigenvalue weighted by Gasteiger charge is -2.33. The molecule has 3 aromatic rings. The number of hydrogen-bond donors (Lipinski definition) is 2. The van der Waals surface area contributed by atoms with E-state index in [1.807, 2.05) is 24.4 Å². The molecule has 0 bridgehead atoms. The Hall–Kier alpha value is -3.07. The van der Waals surface area contributed by atoms with Crippen LogP contribution in [0.5, 0.6) is 5.75 Å². The average Bonchev–Trinajstić information content (AvgIpc) is 3.21. The number of ether oxygens (including phenoxy) is 2. The van der Waals surface area contributed by atoms with Gasteiger partial charge in [-0.3, -0.25) is 9.88 Å². The van der Waals surface area contributed by atoms with Crippen molar-refractivity contribution in [1.82, 2.24) is 19.9 Å². The van der Waals surface area contributed by atoms with E-state index in [4.69, 9.17) is 14.5 Å². The zero-order valence-corrected chi connectivity index (χ0v) is 19.9. The number of aromatic nitrogens is 3. The third-order valence-electron chi connectivity index (χ3n) is 7.09. The number of hydrogen-bond acceptors (Lipinski definition) is 8. The summed E-state index contributed by atoms with van der Waals surface area (Å²) >= 11 is 0. The smallest absolute Gasteiger partial charge is 0.227 e. The number of nitrogens with zero attached hydrogens (tertiary/aromatic N) is 4. The van der Waals surface area contributed by atoms with Crippen LogP contribution in [-0.2, 0) is 16.6 Å². The monoisotopic (exact) mass is 461 g/mol. The highest BCUT2D eigenvalue weighted by Gasteiger charge is 2.35. The van der Waals surface area contributed by atoms with Gasteiger partial charge in [0.1, 0.15) is 5.75 Å². The lowest BCUT2D eigenvalue weighted by Crippen LogP contribution is -2.36. The first-order valence-electron chi connectivity index (χ1n) is 11.7. The number of methoxy groups -OCH3 is 1. The molecule has 0 saturated carbocycles. The molecule has 34 heavy (non-hydrogen) atoms. The minimum Gasteiger partial charge on any atom is -0.495 e. The first kappa shape index (κ1) is 22.7. The van der Waals surface area contributed by atoms with Crippen LogP contribution in [0.4, 0.5) is 11.6 Å². The Kier molecular flexibility index (Phi) is 6.20. The van der Waals surface area contributed by atoms with Gasteiger partial charge in [0.05, 0.1) is 44.4 Å². The lowest BCUT2D eigenvalue weighted by molar-refractivity contribution is 0.00501. The molecule has 8 heteroatoms. The molecule has 2 N–H and O–H groups in total. The van der Waals surface area contributed by atoms with Crippen LogP contribution in [0.2, 0.25) is 0 Å². The number of rotatable bonds is 6. The molecule has 1 saturated heterocycles. The molecule has 2 aromatic heterocycles. The fourth-order valence-electron chi connectivity index (χ4n) is 4.80. The van der Waals surface area contributed by atoms with Crippen LogP contribution in [-0.4, -0.2) is 65.5 Å². The van der Waals surface area contributed by atoms with Gasteiger partial charge >= 0.3 is 0 Å². The summed E-state index contributed by atoms with van der Waals surface area (Å²) in [5.74, 6) is 1.20. The number of fused-ring (bicyclic) bond motifs is 1. The second kappa shape index (κ2) is 9.29. The molecule has 1 aliphatic carbocycles. The second-order valence-electron chi connectivity index (χ2n) is 9.36. The van der Waals surface area contributed by atoms with Crippen molar-refractivity contribution < 1.29 is 14.6 Å². The fraction of sp³-hybridized carbons (Fsp3) is 0.423. The van der Waals surface area contributed by atoms with Crippen LogP contribution in [0.1, 0.15) is 36.2 Å². The number of anilines is 2. The van der Waals surface area contributed by atoms with Gasteiger partial charge in [-0.1, -0.05) is 13.0 Å². The van der Waals surface area contributed by atoms with E-state index >= 15 is 0 Å². The first-order chi connectivity index (χ1) is 16.5. The molecule has 1 aliphatic heterocycles. The summed E-state index contributed by atoms with van der Waals surface area (Å²) in [7, 11) is 3.78. The third-order valence-corrected chi connectivity index (χ3v) is 7.09. The summed E-state index contributed by atoms with van der Waals surface area (Å²) in [5.41, 5.74) is 5.54. The molecule has 2 unspecified atom stereocenters. The topological polar surface area (TPSA) is 92.6 Å². The van der Waals surface area contributed by atoms with Gasteiger partial charge in [0.2, 0.25) is 5.95 Å². The second-order valence-corrected chi connectivity index (χ2v) is 9.36. The molecular weight excluding hydrogens is 430 g/mol. The van der Waals surface area contributed by atoms with Crippen molar-refractivity contribution in [2.75, 3.05) is 45.8 Å². The normalized spacial score (nSPS) is 22.4. The highest BCUT2D eigenvalue weighted by Crippen LogP contribution is 2.39. The van der Waals surface area contributed by atoms with Crippen molar-refractivity contribution in [2.24, 2.45) is 0 Å². The Morgan fingerprint density at radius 1 is 1.26 bits per heavy atom. The van der Waals surface area contributed by atoms with Crippen LogP contribution < -0.4 is 10.1 Å². The van der Waals surface area contributed by atoms with E-state index in [1.165, 1.54) is 0 Å². The van der Waals surface area contributed by atoms with Crippen LogP contribution in [0.3, 0.4) is 0 Å². The zero-order valence-electron chi connectivity index (χ0n) is 19.9. The summed E-state index contributed by atoms with van der Waals surface area (Å²) in [6, 6.07) is 10.3.